The Morgan fingerprint density at radius 2 is 1.82 bits per heavy atom. The molecule has 1 aliphatic heterocycles. The zero-order chi connectivity index (χ0) is 23.4. The summed E-state index contributed by atoms with van der Waals surface area (Å²) >= 11 is 0. The Hall–Kier alpha value is -2.69. The van der Waals surface area contributed by atoms with Gasteiger partial charge in [-0.1, -0.05) is 54.7 Å². The number of aliphatic hydroxyl groups is 5. The molecule has 0 amide bonds. The van der Waals surface area contributed by atoms with Gasteiger partial charge in [-0.2, -0.15) is 5.10 Å². The molecule has 2 aromatic rings. The molecule has 2 aliphatic rings. The molecule has 7 atom stereocenters. The summed E-state index contributed by atoms with van der Waals surface area (Å²) in [6.07, 6.45) is 0.724. The normalized spacial score (nSPS) is 34.0. The monoisotopic (exact) mass is 452 g/mol. The van der Waals surface area contributed by atoms with E-state index in [1.165, 1.54) is 0 Å². The summed E-state index contributed by atoms with van der Waals surface area (Å²) in [5.41, 5.74) is -1.05. The lowest BCUT2D eigenvalue weighted by Crippen LogP contribution is -2.65. The molecule has 33 heavy (non-hydrogen) atoms. The Kier molecular flexibility index (Phi) is 7.16. The van der Waals surface area contributed by atoms with E-state index >= 15 is 0 Å². The molecule has 4 rings (SSSR count). The third kappa shape index (κ3) is 4.97. The van der Waals surface area contributed by atoms with Crippen LogP contribution in [-0.4, -0.2) is 78.0 Å². The first kappa shape index (κ1) is 23.5. The van der Waals surface area contributed by atoms with Gasteiger partial charge in [-0.25, -0.2) is 0 Å². The second-order valence-electron chi connectivity index (χ2n) is 8.51. The van der Waals surface area contributed by atoms with Crippen molar-refractivity contribution in [3.63, 3.8) is 0 Å². The van der Waals surface area contributed by atoms with Crippen LogP contribution in [0.2, 0.25) is 0 Å². The smallest absolute Gasteiger partial charge is 0.191 e. The van der Waals surface area contributed by atoms with Crippen LogP contribution in [0.25, 0.3) is 0 Å². The van der Waals surface area contributed by atoms with Crippen LogP contribution < -0.4 is 0 Å². The molecule has 2 heterocycles. The van der Waals surface area contributed by atoms with Gasteiger partial charge < -0.3 is 30.3 Å². The molecular formula is C25H28N2O6. The largest absolute Gasteiger partial charge is 0.394 e. The molecule has 174 valence electrons. The molecule has 1 saturated heterocycles. The Bertz CT molecular complexity index is 1070. The van der Waals surface area contributed by atoms with Crippen LogP contribution in [-0.2, 0) is 4.74 Å². The van der Waals surface area contributed by atoms with Gasteiger partial charge in [0.2, 0.25) is 0 Å². The zero-order valence-corrected chi connectivity index (χ0v) is 18.1. The van der Waals surface area contributed by atoms with Crippen LogP contribution >= 0.6 is 0 Å². The van der Waals surface area contributed by atoms with Crippen LogP contribution in [0.4, 0.5) is 0 Å². The average Bonchev–Trinajstić information content (AvgIpc) is 3.31. The van der Waals surface area contributed by atoms with Gasteiger partial charge in [0.25, 0.3) is 0 Å². The molecule has 1 aliphatic carbocycles. The fraction of sp³-hybridized carbons (Fsp3) is 0.480. The molecule has 8 heteroatoms. The standard InChI is InChI=1S/C25H28N2O6/c28-16-21-23(30)24(31)25(32,13-12-17-6-2-1-3-7-17)22(33-21)11-10-18-14-26-27(15-18)19-8-4-5-9-20(19)29/h1-3,6-7,14-15,19-24,28-32H,4-5,8-9,16H2/t19?,20?,21-,22-,23-,24+,25-/m1/s1. The number of hydrogen-bond acceptors (Lipinski definition) is 7. The third-order valence-corrected chi connectivity index (χ3v) is 6.21. The Balaban J connectivity index is 1.62. The number of aromatic nitrogens is 2. The van der Waals surface area contributed by atoms with Crippen molar-refractivity contribution in [2.24, 2.45) is 0 Å². The maximum absolute atomic E-state index is 11.2. The lowest BCUT2D eigenvalue weighted by atomic mass is 9.82. The van der Waals surface area contributed by atoms with Gasteiger partial charge in [0, 0.05) is 11.8 Å². The van der Waals surface area contributed by atoms with Gasteiger partial charge >= 0.3 is 0 Å². The number of ether oxygens (including phenoxy) is 1. The summed E-state index contributed by atoms with van der Waals surface area (Å²) in [7, 11) is 0. The molecule has 1 saturated carbocycles. The van der Waals surface area contributed by atoms with E-state index in [2.05, 4.69) is 28.8 Å². The minimum Gasteiger partial charge on any atom is -0.394 e. The molecule has 2 fully saturated rings. The van der Waals surface area contributed by atoms with E-state index in [0.29, 0.717) is 11.1 Å². The van der Waals surface area contributed by atoms with Crippen molar-refractivity contribution >= 4 is 0 Å². The van der Waals surface area contributed by atoms with Gasteiger partial charge in [0.05, 0.1) is 30.5 Å². The van der Waals surface area contributed by atoms with Crippen LogP contribution in [0.1, 0.15) is 42.9 Å². The SMILES string of the molecule is OC[C@H]1O[C@H](C#Cc2cnn(C3CCCCC3O)c2)[C@](O)(C#Cc2ccccc2)[C@@H](O)[C@@H]1O. The molecule has 0 bridgehead atoms. The molecule has 1 aromatic heterocycles. The predicted octanol–water partition coefficient (Wildman–Crippen LogP) is -0.0251. The van der Waals surface area contributed by atoms with Gasteiger partial charge in [0.15, 0.2) is 11.7 Å². The van der Waals surface area contributed by atoms with E-state index in [9.17, 15) is 25.5 Å². The molecule has 0 spiro atoms. The van der Waals surface area contributed by atoms with Crippen molar-refractivity contribution in [3.05, 3.63) is 53.9 Å². The topological polar surface area (TPSA) is 128 Å². The van der Waals surface area contributed by atoms with Gasteiger partial charge in [-0.15, -0.1) is 0 Å². The van der Waals surface area contributed by atoms with Crippen molar-refractivity contribution in [1.29, 1.82) is 0 Å². The van der Waals surface area contributed by atoms with E-state index in [1.54, 1.807) is 41.3 Å². The highest BCUT2D eigenvalue weighted by molar-refractivity contribution is 5.41. The van der Waals surface area contributed by atoms with E-state index in [4.69, 9.17) is 4.74 Å². The van der Waals surface area contributed by atoms with Crippen LogP contribution in [0.3, 0.4) is 0 Å². The van der Waals surface area contributed by atoms with E-state index in [0.717, 1.165) is 25.7 Å². The van der Waals surface area contributed by atoms with Crippen LogP contribution in [0.15, 0.2) is 42.7 Å². The van der Waals surface area contributed by atoms with Crippen molar-refractivity contribution < 1.29 is 30.3 Å². The summed E-state index contributed by atoms with van der Waals surface area (Å²) in [5.74, 6) is 11.1. The minimum atomic E-state index is -2.19. The summed E-state index contributed by atoms with van der Waals surface area (Å²) < 4.78 is 7.33. The Morgan fingerprint density at radius 1 is 1.06 bits per heavy atom. The number of hydrogen-bond donors (Lipinski definition) is 5. The molecular weight excluding hydrogens is 424 g/mol. The summed E-state index contributed by atoms with van der Waals surface area (Å²) in [6, 6.07) is 8.79. The number of aliphatic hydroxyl groups excluding tert-OH is 4. The Morgan fingerprint density at radius 3 is 2.55 bits per heavy atom. The zero-order valence-electron chi connectivity index (χ0n) is 18.1. The average molecular weight is 453 g/mol. The highest BCUT2D eigenvalue weighted by Crippen LogP contribution is 2.30. The minimum absolute atomic E-state index is 0.107. The summed E-state index contributed by atoms with van der Waals surface area (Å²) in [6.45, 7) is -0.559. The van der Waals surface area contributed by atoms with Gasteiger partial charge in [-0.3, -0.25) is 4.68 Å². The van der Waals surface area contributed by atoms with Crippen molar-refractivity contribution in [1.82, 2.24) is 9.78 Å². The van der Waals surface area contributed by atoms with Gasteiger partial charge in [0.1, 0.15) is 18.3 Å². The second kappa shape index (κ2) is 10.1. The fourth-order valence-electron chi connectivity index (χ4n) is 4.24. The molecule has 8 nitrogen and oxygen atoms in total. The highest BCUT2D eigenvalue weighted by Gasteiger charge is 2.53. The lowest BCUT2D eigenvalue weighted by molar-refractivity contribution is -0.239. The van der Waals surface area contributed by atoms with Crippen molar-refractivity contribution in [2.45, 2.75) is 67.8 Å². The van der Waals surface area contributed by atoms with E-state index in [-0.39, 0.29) is 6.04 Å². The van der Waals surface area contributed by atoms with E-state index in [1.807, 2.05) is 6.07 Å². The number of nitrogens with zero attached hydrogens (tertiary/aromatic N) is 2. The summed E-state index contributed by atoms with van der Waals surface area (Å²) in [4.78, 5) is 0. The fourth-order valence-corrected chi connectivity index (χ4v) is 4.24. The molecule has 2 unspecified atom stereocenters. The molecule has 5 N–H and O–H groups in total. The summed E-state index contributed by atoms with van der Waals surface area (Å²) in [5, 5.41) is 56.3. The Labute approximate surface area is 192 Å². The lowest BCUT2D eigenvalue weighted by Gasteiger charge is -2.43. The van der Waals surface area contributed by atoms with Gasteiger partial charge in [-0.05, 0) is 25.0 Å². The quantitative estimate of drug-likeness (QED) is 0.405. The maximum atomic E-state index is 11.2. The predicted molar refractivity (Wildman–Crippen MR) is 119 cm³/mol. The highest BCUT2D eigenvalue weighted by atomic mass is 16.5. The van der Waals surface area contributed by atoms with Crippen LogP contribution in [0, 0.1) is 23.7 Å². The second-order valence-corrected chi connectivity index (χ2v) is 8.51. The molecule has 0 radical (unpaired) electrons. The first-order chi connectivity index (χ1) is 15.9. The third-order valence-electron chi connectivity index (χ3n) is 6.21. The molecule has 1 aromatic carbocycles. The van der Waals surface area contributed by atoms with Crippen molar-refractivity contribution in [3.8, 4) is 23.7 Å². The van der Waals surface area contributed by atoms with Crippen molar-refractivity contribution in [2.75, 3.05) is 6.61 Å². The first-order valence-corrected chi connectivity index (χ1v) is 11.1. The van der Waals surface area contributed by atoms with Crippen LogP contribution in [0.5, 0.6) is 0 Å². The maximum Gasteiger partial charge on any atom is 0.191 e. The first-order valence-electron chi connectivity index (χ1n) is 11.1. The number of rotatable bonds is 2. The van der Waals surface area contributed by atoms with E-state index < -0.39 is 42.7 Å². The number of benzene rings is 1.